The van der Waals surface area contributed by atoms with Crippen molar-refractivity contribution in [3.63, 3.8) is 0 Å². The van der Waals surface area contributed by atoms with Crippen LogP contribution in [0, 0.1) is 18.2 Å². The molecule has 0 aliphatic carbocycles. The third-order valence-electron chi connectivity index (χ3n) is 3.95. The number of aromatic nitrogens is 1. The zero-order chi connectivity index (χ0) is 14.5. The maximum atomic E-state index is 13.3. The molecule has 3 rings (SSSR count). The van der Waals surface area contributed by atoms with Crippen molar-refractivity contribution in [2.75, 3.05) is 19.7 Å². The van der Waals surface area contributed by atoms with Gasteiger partial charge in [-0.25, -0.2) is 4.39 Å². The Morgan fingerprint density at radius 1 is 1.45 bits per heavy atom. The van der Waals surface area contributed by atoms with Crippen LogP contribution in [0.4, 0.5) is 4.39 Å². The summed E-state index contributed by atoms with van der Waals surface area (Å²) in [5, 5.41) is 10.1. The van der Waals surface area contributed by atoms with Crippen LogP contribution >= 0.6 is 0 Å². The monoisotopic (exact) mass is 276 g/mol. The third kappa shape index (κ3) is 1.98. The molecule has 0 radical (unpaired) electrons. The van der Waals surface area contributed by atoms with Gasteiger partial charge in [0.15, 0.2) is 0 Å². The summed E-state index contributed by atoms with van der Waals surface area (Å²) < 4.78 is 13.3. The van der Waals surface area contributed by atoms with Gasteiger partial charge in [-0.05, 0) is 30.7 Å². The summed E-state index contributed by atoms with van der Waals surface area (Å²) >= 11 is 0. The van der Waals surface area contributed by atoms with Gasteiger partial charge in [0, 0.05) is 29.4 Å². The van der Waals surface area contributed by atoms with E-state index in [1.807, 2.05) is 13.8 Å². The van der Waals surface area contributed by atoms with Crippen LogP contribution in [0.3, 0.4) is 0 Å². The van der Waals surface area contributed by atoms with Gasteiger partial charge in [-0.15, -0.1) is 0 Å². The average Bonchev–Trinajstić information content (AvgIpc) is 2.78. The molecule has 106 valence electrons. The van der Waals surface area contributed by atoms with E-state index in [2.05, 4.69) is 4.98 Å². The van der Waals surface area contributed by atoms with Gasteiger partial charge in [-0.3, -0.25) is 4.79 Å². The molecule has 1 saturated heterocycles. The number of hydrogen-bond acceptors (Lipinski definition) is 2. The van der Waals surface area contributed by atoms with Crippen LogP contribution in [0.2, 0.25) is 0 Å². The Morgan fingerprint density at radius 2 is 2.15 bits per heavy atom. The number of hydrogen-bond donors (Lipinski definition) is 2. The van der Waals surface area contributed by atoms with E-state index >= 15 is 0 Å². The molecule has 1 aromatic heterocycles. The molecule has 1 fully saturated rings. The van der Waals surface area contributed by atoms with Crippen molar-refractivity contribution in [3.8, 4) is 0 Å². The number of rotatable bonds is 2. The Bertz CT molecular complexity index is 686. The molecule has 2 heterocycles. The van der Waals surface area contributed by atoms with Crippen LogP contribution < -0.4 is 0 Å². The summed E-state index contributed by atoms with van der Waals surface area (Å²) in [7, 11) is 0. The fourth-order valence-corrected chi connectivity index (χ4v) is 2.78. The molecule has 2 aromatic rings. The number of nitrogens with zero attached hydrogens (tertiary/aromatic N) is 1. The first-order valence-electron chi connectivity index (χ1n) is 6.61. The van der Waals surface area contributed by atoms with Gasteiger partial charge in [-0.1, -0.05) is 6.92 Å². The lowest BCUT2D eigenvalue weighted by Crippen LogP contribution is -2.58. The minimum Gasteiger partial charge on any atom is -0.396 e. The molecule has 20 heavy (non-hydrogen) atoms. The van der Waals surface area contributed by atoms with E-state index in [0.717, 1.165) is 10.9 Å². The molecule has 2 N–H and O–H groups in total. The van der Waals surface area contributed by atoms with Gasteiger partial charge in [0.05, 0.1) is 6.61 Å². The number of amides is 1. The second-order valence-corrected chi connectivity index (χ2v) is 6.00. The minimum atomic E-state index is -0.312. The second-order valence-electron chi connectivity index (χ2n) is 6.00. The summed E-state index contributed by atoms with van der Waals surface area (Å²) in [6.45, 7) is 4.94. The Hall–Kier alpha value is -1.88. The molecule has 1 aliphatic rings. The lowest BCUT2D eigenvalue weighted by molar-refractivity contribution is -0.0155. The Kier molecular flexibility index (Phi) is 2.83. The van der Waals surface area contributed by atoms with Crippen LogP contribution in [0.25, 0.3) is 10.9 Å². The van der Waals surface area contributed by atoms with E-state index < -0.39 is 0 Å². The van der Waals surface area contributed by atoms with Crippen LogP contribution in [0.5, 0.6) is 0 Å². The number of H-pyrrole nitrogens is 1. The molecule has 0 unspecified atom stereocenters. The van der Waals surface area contributed by atoms with Crippen molar-refractivity contribution in [2.45, 2.75) is 13.8 Å². The second kappa shape index (κ2) is 4.31. The Balaban J connectivity index is 1.88. The number of nitrogens with one attached hydrogen (secondary N) is 1. The van der Waals surface area contributed by atoms with E-state index in [-0.39, 0.29) is 23.7 Å². The zero-order valence-electron chi connectivity index (χ0n) is 11.5. The average molecular weight is 276 g/mol. The molecule has 0 spiro atoms. The van der Waals surface area contributed by atoms with Gasteiger partial charge >= 0.3 is 0 Å². The predicted molar refractivity (Wildman–Crippen MR) is 74.1 cm³/mol. The molecule has 0 atom stereocenters. The number of benzene rings is 1. The topological polar surface area (TPSA) is 56.3 Å². The highest BCUT2D eigenvalue weighted by Crippen LogP contribution is 2.31. The van der Waals surface area contributed by atoms with Gasteiger partial charge < -0.3 is 15.0 Å². The summed E-state index contributed by atoms with van der Waals surface area (Å²) in [5.74, 6) is -0.417. The number of carbonyl (C=O) groups excluding carboxylic acids is 1. The van der Waals surface area contributed by atoms with Crippen molar-refractivity contribution >= 4 is 16.8 Å². The van der Waals surface area contributed by atoms with Crippen LogP contribution in [-0.2, 0) is 0 Å². The lowest BCUT2D eigenvalue weighted by atomic mass is 9.83. The summed E-state index contributed by atoms with van der Waals surface area (Å²) in [6, 6.07) is 4.62. The molecular weight excluding hydrogens is 259 g/mol. The molecule has 5 heteroatoms. The smallest absolute Gasteiger partial charge is 0.270 e. The first-order valence-corrected chi connectivity index (χ1v) is 6.61. The maximum Gasteiger partial charge on any atom is 0.270 e. The number of likely N-dealkylation sites (tertiary alicyclic amines) is 1. The first kappa shape index (κ1) is 13.1. The highest BCUT2D eigenvalue weighted by molar-refractivity contribution is 5.99. The van der Waals surface area contributed by atoms with Gasteiger partial charge in [0.2, 0.25) is 0 Å². The van der Waals surface area contributed by atoms with Gasteiger partial charge in [-0.2, -0.15) is 0 Å². The number of aliphatic hydroxyl groups is 1. The number of aliphatic hydroxyl groups excluding tert-OH is 1. The zero-order valence-corrected chi connectivity index (χ0v) is 11.5. The van der Waals surface area contributed by atoms with Gasteiger partial charge in [0.25, 0.3) is 5.91 Å². The fraction of sp³-hybridized carbons (Fsp3) is 0.400. The quantitative estimate of drug-likeness (QED) is 0.882. The van der Waals surface area contributed by atoms with Crippen molar-refractivity contribution in [2.24, 2.45) is 5.41 Å². The number of aryl methyl sites for hydroxylation is 1. The van der Waals surface area contributed by atoms with E-state index in [9.17, 15) is 14.3 Å². The molecule has 1 aromatic carbocycles. The lowest BCUT2D eigenvalue weighted by Gasteiger charge is -2.46. The van der Waals surface area contributed by atoms with Crippen LogP contribution in [0.15, 0.2) is 18.2 Å². The number of carbonyl (C=O) groups is 1. The fourth-order valence-electron chi connectivity index (χ4n) is 2.78. The summed E-state index contributed by atoms with van der Waals surface area (Å²) in [5.41, 5.74) is 1.72. The number of fused-ring (bicyclic) bond motifs is 1. The van der Waals surface area contributed by atoms with E-state index in [1.165, 1.54) is 12.1 Å². The van der Waals surface area contributed by atoms with Crippen molar-refractivity contribution in [1.82, 2.24) is 9.88 Å². The number of halogens is 1. The molecule has 1 amide bonds. The number of aromatic amines is 1. The van der Waals surface area contributed by atoms with Crippen LogP contribution in [-0.4, -0.2) is 40.6 Å². The van der Waals surface area contributed by atoms with Crippen molar-refractivity contribution in [1.29, 1.82) is 0 Å². The maximum absolute atomic E-state index is 13.3. The van der Waals surface area contributed by atoms with Crippen molar-refractivity contribution < 1.29 is 14.3 Å². The Morgan fingerprint density at radius 3 is 2.80 bits per heavy atom. The highest BCUT2D eigenvalue weighted by atomic mass is 19.1. The standard InChI is InChI=1S/C15H17FN2O2/c1-9-3-10(16)4-12-11(9)5-13(17-12)14(20)18-6-15(2,7-18)8-19/h3-5,17,19H,6-8H2,1-2H3. The van der Waals surface area contributed by atoms with Crippen LogP contribution in [0.1, 0.15) is 23.0 Å². The van der Waals surface area contributed by atoms with E-state index in [0.29, 0.717) is 24.3 Å². The normalized spacial score (nSPS) is 17.3. The van der Waals surface area contributed by atoms with Gasteiger partial charge in [0.1, 0.15) is 11.5 Å². The molecule has 0 bridgehead atoms. The molecule has 4 nitrogen and oxygen atoms in total. The molecular formula is C15H17FN2O2. The van der Waals surface area contributed by atoms with Crippen molar-refractivity contribution in [3.05, 3.63) is 35.3 Å². The minimum absolute atomic E-state index is 0.0772. The predicted octanol–water partition coefficient (Wildman–Crippen LogP) is 2.07. The highest BCUT2D eigenvalue weighted by Gasteiger charge is 2.41. The summed E-state index contributed by atoms with van der Waals surface area (Å²) in [4.78, 5) is 17.0. The molecule has 1 aliphatic heterocycles. The Labute approximate surface area is 116 Å². The molecule has 0 saturated carbocycles. The SMILES string of the molecule is Cc1cc(F)cc2[nH]c(C(=O)N3CC(C)(CO)C3)cc12. The third-order valence-corrected chi connectivity index (χ3v) is 3.95. The summed E-state index contributed by atoms with van der Waals surface area (Å²) in [6.07, 6.45) is 0. The largest absolute Gasteiger partial charge is 0.396 e. The van der Waals surface area contributed by atoms with E-state index in [1.54, 1.807) is 11.0 Å². The van der Waals surface area contributed by atoms with E-state index in [4.69, 9.17) is 0 Å². The first-order chi connectivity index (χ1) is 9.42.